The summed E-state index contributed by atoms with van der Waals surface area (Å²) in [6, 6.07) is 1.41. The second-order valence-corrected chi connectivity index (χ2v) is 3.41. The number of rotatable bonds is 0. The van der Waals surface area contributed by atoms with Crippen LogP contribution in [-0.4, -0.2) is 0 Å². The van der Waals surface area contributed by atoms with Crippen molar-refractivity contribution in [2.75, 3.05) is 0 Å². The number of hydrogen-bond acceptors (Lipinski definition) is 0. The van der Waals surface area contributed by atoms with E-state index >= 15 is 0 Å². The lowest BCUT2D eigenvalue weighted by Crippen LogP contribution is -1.78. The molecule has 0 aliphatic rings. The SMILES string of the molecule is [NH]c1c(Cl)c(Cl)cc(Cl)c1Cl. The Bertz CT molecular complexity index is 271. The van der Waals surface area contributed by atoms with Gasteiger partial charge in [0.25, 0.3) is 0 Å². The molecule has 1 rings (SSSR count). The molecule has 0 aromatic heterocycles. The van der Waals surface area contributed by atoms with Crippen molar-refractivity contribution in [3.8, 4) is 0 Å². The molecule has 11 heavy (non-hydrogen) atoms. The van der Waals surface area contributed by atoms with Crippen LogP contribution in [-0.2, 0) is 0 Å². The van der Waals surface area contributed by atoms with Crippen LogP contribution in [0.15, 0.2) is 6.07 Å². The van der Waals surface area contributed by atoms with Gasteiger partial charge in [0.15, 0.2) is 0 Å². The van der Waals surface area contributed by atoms with Crippen molar-refractivity contribution >= 4 is 52.1 Å². The van der Waals surface area contributed by atoms with E-state index in [9.17, 15) is 0 Å². The average molecular weight is 230 g/mol. The molecule has 1 radical (unpaired) electrons. The minimum atomic E-state index is -0.0363. The molecule has 1 aromatic rings. The second-order valence-electron chi connectivity index (χ2n) is 1.84. The molecule has 1 N–H and O–H groups in total. The van der Waals surface area contributed by atoms with Gasteiger partial charge in [-0.05, 0) is 6.07 Å². The zero-order valence-corrected chi connectivity index (χ0v) is 8.11. The van der Waals surface area contributed by atoms with E-state index in [0.29, 0.717) is 0 Å². The lowest BCUT2D eigenvalue weighted by atomic mass is 10.3. The van der Waals surface area contributed by atoms with Crippen molar-refractivity contribution in [3.63, 3.8) is 0 Å². The standard InChI is InChI=1S/C6H2Cl4N/c7-2-1-3(8)5(10)6(11)4(2)9/h1,11H. The van der Waals surface area contributed by atoms with Crippen LogP contribution < -0.4 is 5.73 Å². The highest BCUT2D eigenvalue weighted by Gasteiger charge is 2.10. The number of hydrogen-bond donors (Lipinski definition) is 0. The Morgan fingerprint density at radius 2 is 1.27 bits per heavy atom. The maximum atomic E-state index is 7.29. The molecule has 5 heteroatoms. The quantitative estimate of drug-likeness (QED) is 0.596. The topological polar surface area (TPSA) is 23.8 Å². The molecule has 1 nitrogen and oxygen atoms in total. The first-order valence-corrected chi connectivity index (χ1v) is 4.10. The van der Waals surface area contributed by atoms with Crippen molar-refractivity contribution in [3.05, 3.63) is 26.2 Å². The fourth-order valence-electron chi connectivity index (χ4n) is 0.573. The van der Waals surface area contributed by atoms with Crippen LogP contribution >= 0.6 is 46.4 Å². The van der Waals surface area contributed by atoms with Gasteiger partial charge < -0.3 is 0 Å². The molecular weight excluding hydrogens is 228 g/mol. The Labute approximate surface area is 84.0 Å². The average Bonchev–Trinajstić information content (AvgIpc) is 1.97. The summed E-state index contributed by atoms with van der Waals surface area (Å²) in [5.74, 6) is 0. The van der Waals surface area contributed by atoms with Crippen molar-refractivity contribution in [2.45, 2.75) is 0 Å². The zero-order valence-electron chi connectivity index (χ0n) is 5.09. The molecule has 0 aliphatic heterocycles. The molecule has 0 unspecified atom stereocenters. The molecule has 0 spiro atoms. The highest BCUT2D eigenvalue weighted by molar-refractivity contribution is 6.49. The largest absolute Gasteiger partial charge is 0.298 e. The van der Waals surface area contributed by atoms with Gasteiger partial charge in [0.05, 0.1) is 25.8 Å². The molecule has 0 atom stereocenters. The number of nitrogens with one attached hydrogen (secondary N) is 1. The van der Waals surface area contributed by atoms with Gasteiger partial charge in [-0.25, -0.2) is 0 Å². The third-order valence-electron chi connectivity index (χ3n) is 1.11. The highest BCUT2D eigenvalue weighted by Crippen LogP contribution is 2.39. The Hall–Kier alpha value is 0.180. The van der Waals surface area contributed by atoms with Crippen molar-refractivity contribution < 1.29 is 0 Å². The summed E-state index contributed by atoms with van der Waals surface area (Å²) < 4.78 is 0. The van der Waals surface area contributed by atoms with Gasteiger partial charge in [0.1, 0.15) is 0 Å². The fourth-order valence-corrected chi connectivity index (χ4v) is 1.38. The van der Waals surface area contributed by atoms with Crippen LogP contribution in [0, 0.1) is 0 Å². The Kier molecular flexibility index (Phi) is 2.76. The Morgan fingerprint density at radius 3 is 1.64 bits per heavy atom. The highest BCUT2D eigenvalue weighted by atomic mass is 35.5. The van der Waals surface area contributed by atoms with Gasteiger partial charge >= 0.3 is 0 Å². The zero-order chi connectivity index (χ0) is 8.59. The van der Waals surface area contributed by atoms with Gasteiger partial charge in [-0.2, -0.15) is 0 Å². The molecule has 59 valence electrons. The van der Waals surface area contributed by atoms with E-state index in [2.05, 4.69) is 0 Å². The molecule has 0 saturated heterocycles. The molecule has 0 amide bonds. The first-order valence-electron chi connectivity index (χ1n) is 2.58. The monoisotopic (exact) mass is 228 g/mol. The summed E-state index contributed by atoms with van der Waals surface area (Å²) in [6.07, 6.45) is 0. The van der Waals surface area contributed by atoms with E-state index in [0.717, 1.165) is 0 Å². The predicted octanol–water partition coefficient (Wildman–Crippen LogP) is 4.21. The van der Waals surface area contributed by atoms with Gasteiger partial charge in [0.2, 0.25) is 0 Å². The fraction of sp³-hybridized carbons (Fsp3) is 0. The molecule has 0 aliphatic carbocycles. The van der Waals surface area contributed by atoms with Crippen LogP contribution in [0.2, 0.25) is 20.1 Å². The Morgan fingerprint density at radius 1 is 0.909 bits per heavy atom. The summed E-state index contributed by atoms with van der Waals surface area (Å²) in [6.45, 7) is 0. The minimum absolute atomic E-state index is 0.0363. The van der Waals surface area contributed by atoms with Gasteiger partial charge in [-0.1, -0.05) is 46.4 Å². The predicted molar refractivity (Wildman–Crippen MR) is 49.2 cm³/mol. The Balaban J connectivity index is 3.46. The summed E-state index contributed by atoms with van der Waals surface area (Å²) in [7, 11) is 0. The first kappa shape index (κ1) is 9.27. The van der Waals surface area contributed by atoms with E-state index in [1.54, 1.807) is 0 Å². The summed E-state index contributed by atoms with van der Waals surface area (Å²) in [5.41, 5.74) is 7.26. The summed E-state index contributed by atoms with van der Waals surface area (Å²) >= 11 is 22.4. The van der Waals surface area contributed by atoms with Crippen molar-refractivity contribution in [1.29, 1.82) is 0 Å². The van der Waals surface area contributed by atoms with Crippen LogP contribution in [0.3, 0.4) is 0 Å². The molecular formula is C6H2Cl4N. The first-order chi connectivity index (χ1) is 5.04. The second kappa shape index (κ2) is 3.28. The van der Waals surface area contributed by atoms with Gasteiger partial charge in [0, 0.05) is 0 Å². The lowest BCUT2D eigenvalue weighted by molar-refractivity contribution is 1.48. The third-order valence-corrected chi connectivity index (χ3v) is 2.69. The molecule has 0 fully saturated rings. The van der Waals surface area contributed by atoms with E-state index < -0.39 is 0 Å². The van der Waals surface area contributed by atoms with E-state index in [4.69, 9.17) is 52.1 Å². The van der Waals surface area contributed by atoms with Gasteiger partial charge in [-0.3, -0.25) is 5.73 Å². The summed E-state index contributed by atoms with van der Waals surface area (Å²) in [5, 5.41) is 0.735. The van der Waals surface area contributed by atoms with Gasteiger partial charge in [-0.15, -0.1) is 0 Å². The maximum Gasteiger partial charge on any atom is 0.0942 e. The molecule has 0 saturated carbocycles. The lowest BCUT2D eigenvalue weighted by Gasteiger charge is -2.02. The normalized spacial score (nSPS) is 10.2. The minimum Gasteiger partial charge on any atom is -0.298 e. The summed E-state index contributed by atoms with van der Waals surface area (Å²) in [4.78, 5) is 0. The maximum absolute atomic E-state index is 7.29. The van der Waals surface area contributed by atoms with Crippen LogP contribution in [0.1, 0.15) is 0 Å². The third kappa shape index (κ3) is 1.67. The molecule has 0 bridgehead atoms. The van der Waals surface area contributed by atoms with E-state index in [1.165, 1.54) is 6.07 Å². The van der Waals surface area contributed by atoms with Crippen LogP contribution in [0.25, 0.3) is 0 Å². The van der Waals surface area contributed by atoms with E-state index in [1.807, 2.05) is 0 Å². The molecule has 1 aromatic carbocycles. The van der Waals surface area contributed by atoms with E-state index in [-0.39, 0.29) is 25.8 Å². The van der Waals surface area contributed by atoms with Crippen molar-refractivity contribution in [1.82, 2.24) is 5.73 Å². The van der Waals surface area contributed by atoms with Crippen LogP contribution in [0.5, 0.6) is 0 Å². The van der Waals surface area contributed by atoms with Crippen molar-refractivity contribution in [2.24, 2.45) is 0 Å². The number of benzene rings is 1. The van der Waals surface area contributed by atoms with Crippen LogP contribution in [0.4, 0.5) is 5.69 Å². The molecule has 0 heterocycles. The smallest absolute Gasteiger partial charge is 0.0942 e. The number of halogens is 4.